The summed E-state index contributed by atoms with van der Waals surface area (Å²) >= 11 is 0. The molecule has 1 aliphatic rings. The minimum Gasteiger partial charge on any atom is -0.481 e. The highest BCUT2D eigenvalue weighted by Crippen LogP contribution is 2.22. The highest BCUT2D eigenvalue weighted by molar-refractivity contribution is 5.94. The Morgan fingerprint density at radius 1 is 1.04 bits per heavy atom. The fourth-order valence-electron chi connectivity index (χ4n) is 3.12. The van der Waals surface area contributed by atoms with E-state index in [9.17, 15) is 4.79 Å². The average Bonchev–Trinajstić information content (AvgIpc) is 2.68. The van der Waals surface area contributed by atoms with Gasteiger partial charge in [-0.2, -0.15) is 0 Å². The van der Waals surface area contributed by atoms with Gasteiger partial charge in [-0.1, -0.05) is 25.1 Å². The number of benzene rings is 2. The lowest BCUT2D eigenvalue weighted by Crippen LogP contribution is -2.32. The Bertz CT molecular complexity index is 664. The molecule has 1 heterocycles. The van der Waals surface area contributed by atoms with Gasteiger partial charge in [0.15, 0.2) is 6.10 Å². The monoisotopic (exact) mass is 338 g/mol. The van der Waals surface area contributed by atoms with Crippen LogP contribution < -0.4 is 15.0 Å². The molecule has 25 heavy (non-hydrogen) atoms. The summed E-state index contributed by atoms with van der Waals surface area (Å²) in [4.78, 5) is 14.9. The molecule has 1 fully saturated rings. The molecule has 1 unspecified atom stereocenters. The molecule has 2 aromatic rings. The third kappa shape index (κ3) is 4.75. The summed E-state index contributed by atoms with van der Waals surface area (Å²) < 4.78 is 5.80. The topological polar surface area (TPSA) is 41.6 Å². The van der Waals surface area contributed by atoms with Crippen molar-refractivity contribution in [2.45, 2.75) is 38.7 Å². The zero-order valence-corrected chi connectivity index (χ0v) is 14.8. The molecule has 1 aliphatic heterocycles. The fraction of sp³-hybridized carbons (Fsp3) is 0.381. The highest BCUT2D eigenvalue weighted by atomic mass is 16.5. The van der Waals surface area contributed by atoms with Crippen LogP contribution in [0, 0.1) is 0 Å². The van der Waals surface area contributed by atoms with Gasteiger partial charge in [-0.25, -0.2) is 0 Å². The number of nitrogens with one attached hydrogen (secondary N) is 1. The molecule has 132 valence electrons. The molecule has 1 atom stereocenters. The van der Waals surface area contributed by atoms with Crippen molar-refractivity contribution in [1.82, 2.24) is 0 Å². The van der Waals surface area contributed by atoms with Crippen LogP contribution in [0.3, 0.4) is 0 Å². The van der Waals surface area contributed by atoms with Gasteiger partial charge in [0.25, 0.3) is 5.91 Å². The fourth-order valence-corrected chi connectivity index (χ4v) is 3.12. The Morgan fingerprint density at radius 2 is 1.72 bits per heavy atom. The van der Waals surface area contributed by atoms with E-state index in [4.69, 9.17) is 4.74 Å². The first kappa shape index (κ1) is 17.3. The molecule has 2 aromatic carbocycles. The summed E-state index contributed by atoms with van der Waals surface area (Å²) in [5.41, 5.74) is 2.03. The smallest absolute Gasteiger partial charge is 0.265 e. The molecule has 1 N–H and O–H groups in total. The Morgan fingerprint density at radius 3 is 2.36 bits per heavy atom. The van der Waals surface area contributed by atoms with Crippen molar-refractivity contribution in [2.75, 3.05) is 23.3 Å². The van der Waals surface area contributed by atoms with Crippen molar-refractivity contribution in [3.63, 3.8) is 0 Å². The predicted molar refractivity (Wildman–Crippen MR) is 102 cm³/mol. The van der Waals surface area contributed by atoms with Crippen LogP contribution in [0.5, 0.6) is 5.75 Å². The molecule has 1 amide bonds. The second-order valence-electron chi connectivity index (χ2n) is 6.41. The van der Waals surface area contributed by atoms with Crippen LogP contribution in [0.15, 0.2) is 54.6 Å². The average molecular weight is 338 g/mol. The van der Waals surface area contributed by atoms with Crippen LogP contribution in [0.4, 0.5) is 11.4 Å². The third-order valence-corrected chi connectivity index (χ3v) is 4.54. The molecule has 0 radical (unpaired) electrons. The Balaban J connectivity index is 1.59. The van der Waals surface area contributed by atoms with E-state index in [0.717, 1.165) is 18.8 Å². The predicted octanol–water partition coefficient (Wildman–Crippen LogP) is 4.47. The van der Waals surface area contributed by atoms with Crippen LogP contribution in [0.25, 0.3) is 0 Å². The van der Waals surface area contributed by atoms with E-state index in [-0.39, 0.29) is 5.91 Å². The Kier molecular flexibility index (Phi) is 5.94. The van der Waals surface area contributed by atoms with Crippen LogP contribution >= 0.6 is 0 Å². The SMILES string of the molecule is CCC(Oc1ccccc1)C(=O)Nc1ccc(N2CCCCC2)cc1. The summed E-state index contributed by atoms with van der Waals surface area (Å²) in [7, 11) is 0. The number of carbonyl (C=O) groups is 1. The zero-order chi connectivity index (χ0) is 17.5. The summed E-state index contributed by atoms with van der Waals surface area (Å²) in [6, 6.07) is 17.6. The van der Waals surface area contributed by atoms with Gasteiger partial charge in [-0.05, 0) is 62.1 Å². The van der Waals surface area contributed by atoms with E-state index < -0.39 is 6.10 Å². The molecule has 1 saturated heterocycles. The normalized spacial score (nSPS) is 15.5. The highest BCUT2D eigenvalue weighted by Gasteiger charge is 2.18. The molecule has 4 nitrogen and oxygen atoms in total. The number of hydrogen-bond acceptors (Lipinski definition) is 3. The molecular formula is C21H26N2O2. The van der Waals surface area contributed by atoms with E-state index in [2.05, 4.69) is 22.3 Å². The number of piperidine rings is 1. The molecular weight excluding hydrogens is 312 g/mol. The summed E-state index contributed by atoms with van der Waals surface area (Å²) in [5.74, 6) is 0.599. The number of nitrogens with zero attached hydrogens (tertiary/aromatic N) is 1. The van der Waals surface area contributed by atoms with Crippen LogP contribution in [-0.4, -0.2) is 25.1 Å². The number of carbonyl (C=O) groups excluding carboxylic acids is 1. The van der Waals surface area contributed by atoms with E-state index in [1.54, 1.807) is 0 Å². The summed E-state index contributed by atoms with van der Waals surface area (Å²) in [5, 5.41) is 2.96. The molecule has 3 rings (SSSR count). The minimum atomic E-state index is -0.496. The quantitative estimate of drug-likeness (QED) is 0.845. The van der Waals surface area contributed by atoms with Gasteiger partial charge in [-0.3, -0.25) is 4.79 Å². The zero-order valence-electron chi connectivity index (χ0n) is 14.8. The maximum Gasteiger partial charge on any atom is 0.265 e. The number of amides is 1. The number of hydrogen-bond donors (Lipinski definition) is 1. The first-order valence-electron chi connectivity index (χ1n) is 9.14. The molecule has 0 saturated carbocycles. The van der Waals surface area contributed by atoms with E-state index in [1.807, 2.05) is 49.4 Å². The number of para-hydroxylation sites is 1. The van der Waals surface area contributed by atoms with E-state index in [0.29, 0.717) is 12.2 Å². The minimum absolute atomic E-state index is 0.114. The summed E-state index contributed by atoms with van der Waals surface area (Å²) in [6.45, 7) is 4.19. The van der Waals surface area contributed by atoms with Gasteiger partial charge in [-0.15, -0.1) is 0 Å². The second kappa shape index (κ2) is 8.56. The van der Waals surface area contributed by atoms with Crippen molar-refractivity contribution in [2.24, 2.45) is 0 Å². The second-order valence-corrected chi connectivity index (χ2v) is 6.41. The van der Waals surface area contributed by atoms with Crippen molar-refractivity contribution < 1.29 is 9.53 Å². The Hall–Kier alpha value is -2.49. The van der Waals surface area contributed by atoms with Gasteiger partial charge in [0.05, 0.1) is 0 Å². The third-order valence-electron chi connectivity index (χ3n) is 4.54. The summed E-state index contributed by atoms with van der Waals surface area (Å²) in [6.07, 6.45) is 3.96. The lowest BCUT2D eigenvalue weighted by molar-refractivity contribution is -0.122. The maximum absolute atomic E-state index is 12.5. The first-order chi connectivity index (χ1) is 12.3. The molecule has 0 aromatic heterocycles. The van der Waals surface area contributed by atoms with Crippen LogP contribution in [0.1, 0.15) is 32.6 Å². The van der Waals surface area contributed by atoms with E-state index >= 15 is 0 Å². The van der Waals surface area contributed by atoms with Crippen LogP contribution in [0.2, 0.25) is 0 Å². The molecule has 4 heteroatoms. The standard InChI is InChI=1S/C21H26N2O2/c1-2-20(25-19-9-5-3-6-10-19)21(24)22-17-11-13-18(14-12-17)23-15-7-4-8-16-23/h3,5-6,9-14,20H,2,4,7-8,15-16H2,1H3,(H,22,24). The molecule has 0 spiro atoms. The van der Waals surface area contributed by atoms with Gasteiger partial charge >= 0.3 is 0 Å². The van der Waals surface area contributed by atoms with Crippen molar-refractivity contribution in [1.29, 1.82) is 0 Å². The van der Waals surface area contributed by atoms with Gasteiger partial charge in [0.2, 0.25) is 0 Å². The lowest BCUT2D eigenvalue weighted by Gasteiger charge is -2.28. The van der Waals surface area contributed by atoms with Crippen molar-refractivity contribution >= 4 is 17.3 Å². The first-order valence-corrected chi connectivity index (χ1v) is 9.14. The van der Waals surface area contributed by atoms with Crippen LogP contribution in [-0.2, 0) is 4.79 Å². The number of anilines is 2. The van der Waals surface area contributed by atoms with Crippen molar-refractivity contribution in [3.8, 4) is 5.75 Å². The molecule has 0 aliphatic carbocycles. The van der Waals surface area contributed by atoms with Gasteiger partial charge in [0, 0.05) is 24.5 Å². The van der Waals surface area contributed by atoms with Gasteiger partial charge < -0.3 is 15.0 Å². The maximum atomic E-state index is 12.5. The largest absolute Gasteiger partial charge is 0.481 e. The molecule has 0 bridgehead atoms. The van der Waals surface area contributed by atoms with E-state index in [1.165, 1.54) is 24.9 Å². The Labute approximate surface area is 149 Å². The number of rotatable bonds is 6. The van der Waals surface area contributed by atoms with Crippen molar-refractivity contribution in [3.05, 3.63) is 54.6 Å². The van der Waals surface area contributed by atoms with Gasteiger partial charge in [0.1, 0.15) is 5.75 Å². The number of ether oxygens (including phenoxy) is 1. The lowest BCUT2D eigenvalue weighted by atomic mass is 10.1.